The van der Waals surface area contributed by atoms with E-state index in [9.17, 15) is 0 Å². The third-order valence-corrected chi connectivity index (χ3v) is 0. The summed E-state index contributed by atoms with van der Waals surface area (Å²) < 4.78 is 0. The van der Waals surface area contributed by atoms with Crippen LogP contribution in [0.2, 0.25) is 0 Å². The lowest BCUT2D eigenvalue weighted by molar-refractivity contribution is 0.368. The molecule has 0 bridgehead atoms. The fourth-order valence-corrected chi connectivity index (χ4v) is 0. The van der Waals surface area contributed by atoms with Crippen molar-refractivity contribution in [1.82, 2.24) is 0 Å². The molecule has 7 heteroatoms. The molecule has 0 unspecified atom stereocenters. The van der Waals surface area contributed by atoms with Gasteiger partial charge in [0.25, 0.3) is 0 Å². The third-order valence-electron chi connectivity index (χ3n) is 0. The molecule has 0 aliphatic carbocycles. The molecule has 0 spiro atoms. The van der Waals surface area contributed by atoms with Gasteiger partial charge < -0.3 is 31.9 Å². The van der Waals surface area contributed by atoms with Gasteiger partial charge in [-0.2, -0.15) is 0 Å². The molecule has 0 saturated heterocycles. The molecule has 9 N–H and O–H groups in total. The van der Waals surface area contributed by atoms with E-state index in [2.05, 4.69) is 0 Å². The first-order chi connectivity index (χ1) is 5.97. The molecular weight excluding hydrogens is 193 g/mol. The zero-order valence-corrected chi connectivity index (χ0v) is 9.54. The summed E-state index contributed by atoms with van der Waals surface area (Å²) in [6.45, 7) is 7.96. The molecule has 0 aliphatic rings. The molecule has 0 atom stereocenters. The normalized spacial score (nSPS) is 6.92. The van der Waals surface area contributed by atoms with Crippen LogP contribution in [0.3, 0.4) is 0 Å². The van der Waals surface area contributed by atoms with Gasteiger partial charge in [0.1, 0.15) is 0 Å². The molecule has 0 aromatic rings. The Morgan fingerprint density at radius 1 is 0.769 bits per heavy atom. The van der Waals surface area contributed by atoms with Gasteiger partial charge in [-0.1, -0.05) is 20.8 Å². The maximum atomic E-state index is 7.23. The van der Waals surface area contributed by atoms with Crippen LogP contribution in [0.15, 0.2) is 0 Å². The molecule has 13 heavy (non-hydrogen) atoms. The summed E-state index contributed by atoms with van der Waals surface area (Å²) in [5.74, 6) is 0. The Morgan fingerprint density at radius 3 is 0.769 bits per heavy atom. The summed E-state index contributed by atoms with van der Waals surface area (Å²) in [5.41, 5.74) is 14.5. The Hall–Kier alpha value is 0.190. The zero-order valence-electron chi connectivity index (χ0n) is 8.64. The van der Waals surface area contributed by atoms with Gasteiger partial charge in [0.05, 0.1) is 0 Å². The summed E-state index contributed by atoms with van der Waals surface area (Å²) in [4.78, 5) is 21.7. The molecule has 0 saturated carbocycles. The van der Waals surface area contributed by atoms with E-state index < -0.39 is 8.60 Å². The van der Waals surface area contributed by atoms with E-state index in [-0.39, 0.29) is 0 Å². The van der Waals surface area contributed by atoms with Gasteiger partial charge in [-0.05, 0) is 19.6 Å². The molecule has 0 rings (SSSR count). The molecular formula is C6H24N3O3P. The van der Waals surface area contributed by atoms with Gasteiger partial charge in [-0.25, -0.2) is 0 Å². The molecule has 86 valence electrons. The second-order valence-electron chi connectivity index (χ2n) is 1.49. The molecule has 0 fully saturated rings. The molecule has 6 nitrogen and oxygen atoms in total. The van der Waals surface area contributed by atoms with Crippen molar-refractivity contribution >= 4 is 8.60 Å². The minimum absolute atomic E-state index is 0.750. The molecule has 0 aromatic carbocycles. The van der Waals surface area contributed by atoms with Crippen molar-refractivity contribution < 1.29 is 14.7 Å². The number of rotatable bonds is 0. The van der Waals surface area contributed by atoms with Gasteiger partial charge in [-0.3, -0.25) is 0 Å². The predicted molar refractivity (Wildman–Crippen MR) is 57.8 cm³/mol. The van der Waals surface area contributed by atoms with Crippen molar-refractivity contribution in [2.24, 2.45) is 17.2 Å². The van der Waals surface area contributed by atoms with Crippen LogP contribution >= 0.6 is 8.60 Å². The minimum atomic E-state index is -2.62. The van der Waals surface area contributed by atoms with Crippen molar-refractivity contribution in [2.75, 3.05) is 19.6 Å². The van der Waals surface area contributed by atoms with Crippen molar-refractivity contribution in [1.29, 1.82) is 0 Å². The standard InChI is InChI=1S/3C2H7N.H3O3P/c3*1-2-3;1-4(2)3/h3*2-3H2,1H3;1-3H. The third kappa shape index (κ3) is 35100. The smallest absolute Gasteiger partial charge is 0.324 e. The van der Waals surface area contributed by atoms with Crippen molar-refractivity contribution in [2.45, 2.75) is 20.8 Å². The molecule has 0 amide bonds. The van der Waals surface area contributed by atoms with Crippen LogP contribution < -0.4 is 17.2 Å². The van der Waals surface area contributed by atoms with E-state index in [0.29, 0.717) is 0 Å². The number of hydrogen-bond donors (Lipinski definition) is 6. The van der Waals surface area contributed by atoms with E-state index in [1.165, 1.54) is 0 Å². The summed E-state index contributed by atoms with van der Waals surface area (Å²) >= 11 is 0. The SMILES string of the molecule is CCN.CCN.CCN.OP(O)O. The van der Waals surface area contributed by atoms with Gasteiger partial charge in [0.2, 0.25) is 0 Å². The highest BCUT2D eigenvalue weighted by Gasteiger charge is 1.76. The average Bonchev–Trinajstić information content (AvgIpc) is 1.88. The topological polar surface area (TPSA) is 139 Å². The lowest BCUT2D eigenvalue weighted by Gasteiger charge is -1.76. The largest absolute Gasteiger partial charge is 0.331 e. The van der Waals surface area contributed by atoms with E-state index in [1.807, 2.05) is 20.8 Å². The second-order valence-corrected chi connectivity index (χ2v) is 2.03. The Balaban J connectivity index is -0.0000000420. The summed E-state index contributed by atoms with van der Waals surface area (Å²) in [5, 5.41) is 0. The maximum Gasteiger partial charge on any atom is 0.324 e. The van der Waals surface area contributed by atoms with Gasteiger partial charge in [0.15, 0.2) is 0 Å². The lowest BCUT2D eigenvalue weighted by atomic mass is 10.8. The fourth-order valence-electron chi connectivity index (χ4n) is 0. The zero-order chi connectivity index (χ0) is 11.7. The Kier molecular flexibility index (Phi) is 71.1. The van der Waals surface area contributed by atoms with Gasteiger partial charge in [0, 0.05) is 0 Å². The summed E-state index contributed by atoms with van der Waals surface area (Å²) in [6, 6.07) is 0. The van der Waals surface area contributed by atoms with Crippen LogP contribution in [-0.2, 0) is 0 Å². The Labute approximate surface area is 81.7 Å². The highest BCUT2D eigenvalue weighted by Crippen LogP contribution is 2.11. The monoisotopic (exact) mass is 217 g/mol. The molecule has 0 aliphatic heterocycles. The number of nitrogens with two attached hydrogens (primary N) is 3. The van der Waals surface area contributed by atoms with Crippen LogP contribution in [0.4, 0.5) is 0 Å². The average molecular weight is 217 g/mol. The Bertz CT molecular complexity index is 44.6. The first-order valence-electron chi connectivity index (χ1n) is 3.95. The van der Waals surface area contributed by atoms with Crippen molar-refractivity contribution in [3.63, 3.8) is 0 Å². The highest BCUT2D eigenvalue weighted by molar-refractivity contribution is 7.38. The highest BCUT2D eigenvalue weighted by atomic mass is 31.2. The summed E-state index contributed by atoms with van der Waals surface area (Å²) in [7, 11) is -2.62. The quantitative estimate of drug-likeness (QED) is 0.290. The molecule has 0 aromatic heterocycles. The Morgan fingerprint density at radius 2 is 0.769 bits per heavy atom. The van der Waals surface area contributed by atoms with Crippen molar-refractivity contribution in [3.05, 3.63) is 0 Å². The first kappa shape index (κ1) is 23.2. The van der Waals surface area contributed by atoms with Crippen molar-refractivity contribution in [3.8, 4) is 0 Å². The van der Waals surface area contributed by atoms with E-state index >= 15 is 0 Å². The summed E-state index contributed by atoms with van der Waals surface area (Å²) in [6.07, 6.45) is 0. The molecule has 0 heterocycles. The first-order valence-corrected chi connectivity index (χ1v) is 5.15. The number of hydrogen-bond acceptors (Lipinski definition) is 6. The van der Waals surface area contributed by atoms with Crippen LogP contribution in [0.1, 0.15) is 20.8 Å². The fraction of sp³-hybridized carbons (Fsp3) is 1.00. The van der Waals surface area contributed by atoms with Crippen LogP contribution in [-0.4, -0.2) is 34.3 Å². The van der Waals surface area contributed by atoms with E-state index in [4.69, 9.17) is 31.9 Å². The van der Waals surface area contributed by atoms with Gasteiger partial charge >= 0.3 is 8.60 Å². The van der Waals surface area contributed by atoms with Crippen LogP contribution in [0.25, 0.3) is 0 Å². The predicted octanol–water partition coefficient (Wildman–Crippen LogP) is -0.915. The van der Waals surface area contributed by atoms with E-state index in [1.54, 1.807) is 0 Å². The van der Waals surface area contributed by atoms with Gasteiger partial charge in [-0.15, -0.1) is 0 Å². The molecule has 0 radical (unpaired) electrons. The maximum absolute atomic E-state index is 7.23. The lowest BCUT2D eigenvalue weighted by Crippen LogP contribution is -1.87. The van der Waals surface area contributed by atoms with Crippen LogP contribution in [0.5, 0.6) is 0 Å². The van der Waals surface area contributed by atoms with Crippen LogP contribution in [0, 0.1) is 0 Å². The van der Waals surface area contributed by atoms with E-state index in [0.717, 1.165) is 19.6 Å². The minimum Gasteiger partial charge on any atom is -0.331 e. The second kappa shape index (κ2) is 39.8.